The van der Waals surface area contributed by atoms with Gasteiger partial charge in [-0.15, -0.1) is 0 Å². The van der Waals surface area contributed by atoms with Crippen molar-refractivity contribution in [1.82, 2.24) is 0 Å². The first-order chi connectivity index (χ1) is 7.85. The highest BCUT2D eigenvalue weighted by Gasteiger charge is 2.05. The van der Waals surface area contributed by atoms with Crippen LogP contribution in [0.3, 0.4) is 0 Å². The van der Waals surface area contributed by atoms with Crippen LogP contribution in [0.1, 0.15) is 84.5 Å². The van der Waals surface area contributed by atoms with E-state index in [0.29, 0.717) is 0 Å². The van der Waals surface area contributed by atoms with E-state index in [0.717, 1.165) is 11.7 Å². The van der Waals surface area contributed by atoms with E-state index in [9.17, 15) is 0 Å². The van der Waals surface area contributed by atoms with E-state index in [1.165, 1.54) is 70.6 Å². The lowest BCUT2D eigenvalue weighted by molar-refractivity contribution is 0.396. The largest absolute Gasteiger partial charge is 0.179 e. The lowest BCUT2D eigenvalue weighted by Crippen LogP contribution is -1.99. The van der Waals surface area contributed by atoms with Crippen molar-refractivity contribution in [2.24, 2.45) is 5.92 Å². The molecule has 0 fully saturated rings. The van der Waals surface area contributed by atoms with E-state index in [-0.39, 0.29) is 0 Å². The summed E-state index contributed by atoms with van der Waals surface area (Å²) in [6.07, 6.45) is 15.6. The number of unbranched alkanes of at least 4 members (excludes halogenated alkanes) is 6. The van der Waals surface area contributed by atoms with Crippen molar-refractivity contribution in [2.75, 3.05) is 5.75 Å². The van der Waals surface area contributed by atoms with Crippen molar-refractivity contribution in [3.8, 4) is 0 Å². The Labute approximate surface area is 109 Å². The Morgan fingerprint density at radius 2 is 1.31 bits per heavy atom. The summed E-state index contributed by atoms with van der Waals surface area (Å²) in [5, 5.41) is 0. The molecule has 0 spiro atoms. The van der Waals surface area contributed by atoms with E-state index in [1.807, 2.05) is 0 Å². The van der Waals surface area contributed by atoms with Gasteiger partial charge in [0.05, 0.1) is 0 Å². The lowest BCUT2D eigenvalue weighted by atomic mass is 9.92. The van der Waals surface area contributed by atoms with Gasteiger partial charge in [0.15, 0.2) is 0 Å². The van der Waals surface area contributed by atoms with Crippen molar-refractivity contribution in [3.05, 3.63) is 0 Å². The Morgan fingerprint density at radius 3 is 1.88 bits per heavy atom. The van der Waals surface area contributed by atoms with Crippen LogP contribution in [-0.4, -0.2) is 5.75 Å². The van der Waals surface area contributed by atoms with Crippen LogP contribution in [-0.2, 0) is 0 Å². The predicted molar refractivity (Wildman–Crippen MR) is 79.5 cm³/mol. The first kappa shape index (κ1) is 16.4. The van der Waals surface area contributed by atoms with Crippen LogP contribution in [0.5, 0.6) is 0 Å². The molecule has 0 aliphatic carbocycles. The quantitative estimate of drug-likeness (QED) is 0.322. The van der Waals surface area contributed by atoms with Gasteiger partial charge in [-0.25, -0.2) is 0 Å². The van der Waals surface area contributed by atoms with Gasteiger partial charge in [0.25, 0.3) is 0 Å². The summed E-state index contributed by atoms with van der Waals surface area (Å²) in [4.78, 5) is 0. The van der Waals surface area contributed by atoms with Gasteiger partial charge in [-0.1, -0.05) is 78.1 Å². The van der Waals surface area contributed by atoms with E-state index >= 15 is 0 Å². The zero-order chi connectivity index (χ0) is 12.1. The third-order valence-corrected chi connectivity index (χ3v) is 3.88. The molecular formula is C15H32S. The fourth-order valence-corrected chi connectivity index (χ4v) is 2.53. The second-order valence-electron chi connectivity index (χ2n) is 5.05. The first-order valence-electron chi connectivity index (χ1n) is 7.46. The zero-order valence-corrected chi connectivity index (χ0v) is 12.4. The molecule has 0 N–H and O–H groups in total. The van der Waals surface area contributed by atoms with E-state index in [1.54, 1.807) is 0 Å². The Morgan fingerprint density at radius 1 is 0.750 bits per heavy atom. The highest BCUT2D eigenvalue weighted by Crippen LogP contribution is 2.20. The molecule has 0 aromatic carbocycles. The summed E-state index contributed by atoms with van der Waals surface area (Å²) in [7, 11) is 0. The maximum atomic E-state index is 4.24. The van der Waals surface area contributed by atoms with Crippen LogP contribution in [0.25, 0.3) is 0 Å². The molecule has 0 aliphatic heterocycles. The van der Waals surface area contributed by atoms with E-state index in [2.05, 4.69) is 26.5 Å². The number of hydrogen-bond acceptors (Lipinski definition) is 1. The van der Waals surface area contributed by atoms with E-state index in [4.69, 9.17) is 0 Å². The predicted octanol–water partition coefficient (Wildman–Crippen LogP) is 5.86. The molecule has 1 unspecified atom stereocenters. The number of rotatable bonds is 12. The molecule has 1 atom stereocenters. The van der Waals surface area contributed by atoms with Crippen molar-refractivity contribution in [2.45, 2.75) is 84.5 Å². The van der Waals surface area contributed by atoms with Crippen LogP contribution in [0.15, 0.2) is 0 Å². The monoisotopic (exact) mass is 244 g/mol. The molecule has 0 saturated heterocycles. The fraction of sp³-hybridized carbons (Fsp3) is 1.00. The van der Waals surface area contributed by atoms with Crippen molar-refractivity contribution < 1.29 is 0 Å². The minimum absolute atomic E-state index is 1.01. The Hall–Kier alpha value is 0.350. The van der Waals surface area contributed by atoms with Gasteiger partial charge in [-0.05, 0) is 18.1 Å². The lowest BCUT2D eigenvalue weighted by Gasteiger charge is -2.14. The molecule has 0 saturated carbocycles. The van der Waals surface area contributed by atoms with Gasteiger partial charge in [0, 0.05) is 0 Å². The number of hydrogen-bond donors (Lipinski definition) is 1. The van der Waals surface area contributed by atoms with Crippen LogP contribution < -0.4 is 0 Å². The molecule has 0 rings (SSSR count). The molecule has 0 aromatic rings. The Balaban J connectivity index is 3.26. The van der Waals surface area contributed by atoms with Crippen molar-refractivity contribution in [3.63, 3.8) is 0 Å². The topological polar surface area (TPSA) is 0 Å². The molecule has 0 aliphatic rings. The minimum atomic E-state index is 1.01. The summed E-state index contributed by atoms with van der Waals surface area (Å²) in [6, 6.07) is 0. The molecule has 0 amide bonds. The Kier molecular flexibility index (Phi) is 13.7. The molecule has 0 nitrogen and oxygen atoms in total. The molecule has 1 heteroatoms. The molecule has 0 bridgehead atoms. The summed E-state index contributed by atoms with van der Waals surface area (Å²) in [5.41, 5.74) is 0. The fourth-order valence-electron chi connectivity index (χ4n) is 2.31. The third-order valence-electron chi connectivity index (χ3n) is 3.56. The zero-order valence-electron chi connectivity index (χ0n) is 11.5. The first-order valence-corrected chi connectivity index (χ1v) is 8.09. The van der Waals surface area contributed by atoms with Gasteiger partial charge in [0.2, 0.25) is 0 Å². The number of thiol groups is 1. The van der Waals surface area contributed by atoms with Crippen LogP contribution in [0, 0.1) is 5.92 Å². The van der Waals surface area contributed by atoms with Gasteiger partial charge >= 0.3 is 0 Å². The molecular weight excluding hydrogens is 212 g/mol. The normalized spacial score (nSPS) is 12.9. The van der Waals surface area contributed by atoms with Crippen molar-refractivity contribution in [1.29, 1.82) is 0 Å². The SMILES string of the molecule is CCCCCC(CC)CCCCCCCS. The molecule has 0 heterocycles. The average molecular weight is 244 g/mol. The summed E-state index contributed by atoms with van der Waals surface area (Å²) in [5.74, 6) is 2.07. The molecule has 0 aromatic heterocycles. The van der Waals surface area contributed by atoms with Gasteiger partial charge in [-0.3, -0.25) is 0 Å². The van der Waals surface area contributed by atoms with Gasteiger partial charge in [0.1, 0.15) is 0 Å². The summed E-state index contributed by atoms with van der Waals surface area (Å²) >= 11 is 4.24. The van der Waals surface area contributed by atoms with E-state index < -0.39 is 0 Å². The van der Waals surface area contributed by atoms with Crippen LogP contribution in [0.4, 0.5) is 0 Å². The summed E-state index contributed by atoms with van der Waals surface area (Å²) in [6.45, 7) is 4.65. The second kappa shape index (κ2) is 13.4. The maximum absolute atomic E-state index is 4.24. The standard InChI is InChI=1S/C15H32S/c1-3-5-9-12-15(4-2)13-10-7-6-8-11-14-16/h15-16H,3-14H2,1-2H3. The van der Waals surface area contributed by atoms with Crippen LogP contribution >= 0.6 is 12.6 Å². The Bertz CT molecular complexity index is 123. The molecule has 0 radical (unpaired) electrons. The maximum Gasteiger partial charge on any atom is -0.00979 e. The average Bonchev–Trinajstić information content (AvgIpc) is 2.31. The third kappa shape index (κ3) is 10.9. The smallest absolute Gasteiger partial charge is 0.00979 e. The van der Waals surface area contributed by atoms with Gasteiger partial charge < -0.3 is 0 Å². The highest BCUT2D eigenvalue weighted by molar-refractivity contribution is 7.80. The molecule has 16 heavy (non-hydrogen) atoms. The van der Waals surface area contributed by atoms with Crippen LogP contribution in [0.2, 0.25) is 0 Å². The van der Waals surface area contributed by atoms with Crippen molar-refractivity contribution >= 4 is 12.6 Å². The van der Waals surface area contributed by atoms with Gasteiger partial charge in [-0.2, -0.15) is 12.6 Å². The highest BCUT2D eigenvalue weighted by atomic mass is 32.1. The molecule has 98 valence electrons. The second-order valence-corrected chi connectivity index (χ2v) is 5.50. The minimum Gasteiger partial charge on any atom is -0.179 e. The summed E-state index contributed by atoms with van der Waals surface area (Å²) < 4.78 is 0.